The van der Waals surface area contributed by atoms with E-state index in [1.54, 1.807) is 14.0 Å². The molecular weight excluding hydrogens is 324 g/mol. The van der Waals surface area contributed by atoms with Crippen molar-refractivity contribution in [2.24, 2.45) is 0 Å². The molecule has 1 aromatic heterocycles. The Morgan fingerprint density at radius 1 is 1.48 bits per heavy atom. The quantitative estimate of drug-likeness (QED) is 0.883. The van der Waals surface area contributed by atoms with Gasteiger partial charge in [-0.1, -0.05) is 5.16 Å². The van der Waals surface area contributed by atoms with Gasteiger partial charge in [-0.3, -0.25) is 4.79 Å². The van der Waals surface area contributed by atoms with Gasteiger partial charge in [-0.25, -0.2) is 0 Å². The van der Waals surface area contributed by atoms with Gasteiger partial charge in [-0.05, 0) is 39.0 Å². The number of aliphatic hydroxyl groups excluding tert-OH is 1. The Kier molecular flexibility index (Phi) is 4.43. The van der Waals surface area contributed by atoms with E-state index in [0.29, 0.717) is 29.2 Å². The summed E-state index contributed by atoms with van der Waals surface area (Å²) in [6.07, 6.45) is 0.587. The second-order valence-corrected chi connectivity index (χ2v) is 6.72. The van der Waals surface area contributed by atoms with Crippen molar-refractivity contribution < 1.29 is 23.9 Å². The highest BCUT2D eigenvalue weighted by molar-refractivity contribution is 5.94. The number of hydrogen-bond donors (Lipinski definition) is 2. The summed E-state index contributed by atoms with van der Waals surface area (Å²) < 4.78 is 16.3. The Bertz CT molecular complexity index is 797. The number of aryl methyl sites for hydroxylation is 1. The molecule has 0 bridgehead atoms. The number of carbonyl (C=O) groups excluding carboxylic acids is 1. The summed E-state index contributed by atoms with van der Waals surface area (Å²) in [5, 5.41) is 16.2. The number of benzene rings is 1. The minimum absolute atomic E-state index is 0.105. The number of hydrogen-bond acceptors (Lipinski definition) is 6. The fraction of sp³-hybridized carbons (Fsp3) is 0.444. The van der Waals surface area contributed by atoms with Crippen LogP contribution in [-0.4, -0.2) is 28.9 Å². The average molecular weight is 346 g/mol. The molecule has 2 aromatic rings. The number of rotatable bonds is 4. The number of carbonyl (C=O) groups is 1. The standard InChI is InChI=1S/C18H22N2O5/c1-10-13(9-21)16(20-25-10)17(22)19-14-8-18(2,3)24-15-6-5-11(23-4)7-12(14)15/h5-7,14,21H,8-9H2,1-4H3,(H,19,22)/t14-/m1/s1. The Hall–Kier alpha value is -2.54. The lowest BCUT2D eigenvalue weighted by molar-refractivity contribution is 0.0614. The van der Waals surface area contributed by atoms with Gasteiger partial charge in [-0.2, -0.15) is 0 Å². The molecular formula is C18H22N2O5. The van der Waals surface area contributed by atoms with Gasteiger partial charge in [0.15, 0.2) is 5.69 Å². The van der Waals surface area contributed by atoms with Crippen LogP contribution in [-0.2, 0) is 6.61 Å². The van der Waals surface area contributed by atoms with Crippen molar-refractivity contribution in [3.8, 4) is 11.5 Å². The molecule has 3 rings (SSSR count). The van der Waals surface area contributed by atoms with Crippen LogP contribution in [0.25, 0.3) is 0 Å². The van der Waals surface area contributed by atoms with Crippen molar-refractivity contribution in [1.29, 1.82) is 0 Å². The van der Waals surface area contributed by atoms with Crippen molar-refractivity contribution in [2.75, 3.05) is 7.11 Å². The molecule has 0 saturated carbocycles. The maximum atomic E-state index is 12.7. The third-order valence-electron chi connectivity index (χ3n) is 4.34. The molecule has 1 amide bonds. The zero-order valence-electron chi connectivity index (χ0n) is 14.8. The minimum Gasteiger partial charge on any atom is -0.497 e. The van der Waals surface area contributed by atoms with Crippen LogP contribution >= 0.6 is 0 Å². The van der Waals surface area contributed by atoms with Gasteiger partial charge in [-0.15, -0.1) is 0 Å². The van der Waals surface area contributed by atoms with E-state index in [-0.39, 0.29) is 18.3 Å². The summed E-state index contributed by atoms with van der Waals surface area (Å²) in [6, 6.07) is 5.25. The lowest BCUT2D eigenvalue weighted by Gasteiger charge is -2.38. The molecule has 0 fully saturated rings. The third kappa shape index (κ3) is 3.32. The van der Waals surface area contributed by atoms with Crippen LogP contribution in [0, 0.1) is 6.92 Å². The molecule has 7 heteroatoms. The van der Waals surface area contributed by atoms with Crippen LogP contribution in [0.3, 0.4) is 0 Å². The summed E-state index contributed by atoms with van der Waals surface area (Å²) in [4.78, 5) is 12.7. The van der Waals surface area contributed by atoms with Crippen LogP contribution in [0.15, 0.2) is 22.7 Å². The smallest absolute Gasteiger partial charge is 0.274 e. The van der Waals surface area contributed by atoms with E-state index in [1.165, 1.54) is 0 Å². The summed E-state index contributed by atoms with van der Waals surface area (Å²) in [6.45, 7) is 5.30. The van der Waals surface area contributed by atoms with Gasteiger partial charge in [0.25, 0.3) is 5.91 Å². The van der Waals surface area contributed by atoms with Crippen molar-refractivity contribution in [1.82, 2.24) is 10.5 Å². The number of nitrogens with one attached hydrogen (secondary N) is 1. The average Bonchev–Trinajstić information content (AvgIpc) is 2.94. The third-order valence-corrected chi connectivity index (χ3v) is 4.34. The fourth-order valence-electron chi connectivity index (χ4n) is 3.07. The molecule has 25 heavy (non-hydrogen) atoms. The highest BCUT2D eigenvalue weighted by Crippen LogP contribution is 2.41. The first-order valence-corrected chi connectivity index (χ1v) is 8.08. The number of methoxy groups -OCH3 is 1. The molecule has 2 heterocycles. The number of amides is 1. The van der Waals surface area contributed by atoms with E-state index >= 15 is 0 Å². The summed E-state index contributed by atoms with van der Waals surface area (Å²) >= 11 is 0. The maximum absolute atomic E-state index is 12.7. The summed E-state index contributed by atoms with van der Waals surface area (Å²) in [5.74, 6) is 1.44. The lowest BCUT2D eigenvalue weighted by atomic mass is 9.89. The highest BCUT2D eigenvalue weighted by atomic mass is 16.5. The van der Waals surface area contributed by atoms with Gasteiger partial charge < -0.3 is 24.4 Å². The zero-order valence-corrected chi connectivity index (χ0v) is 14.8. The fourth-order valence-corrected chi connectivity index (χ4v) is 3.07. The van der Waals surface area contributed by atoms with Crippen LogP contribution < -0.4 is 14.8 Å². The second kappa shape index (κ2) is 6.40. The number of nitrogens with zero attached hydrogens (tertiary/aromatic N) is 1. The van der Waals surface area contributed by atoms with Crippen molar-refractivity contribution in [2.45, 2.75) is 45.4 Å². The van der Waals surface area contributed by atoms with E-state index < -0.39 is 11.5 Å². The summed E-state index contributed by atoms with van der Waals surface area (Å²) in [5.41, 5.74) is 0.917. The molecule has 1 aliphatic heterocycles. The van der Waals surface area contributed by atoms with E-state index in [9.17, 15) is 9.90 Å². The SMILES string of the molecule is COc1ccc2c(c1)[C@H](NC(=O)c1noc(C)c1CO)CC(C)(C)O2. The predicted molar refractivity (Wildman–Crippen MR) is 89.7 cm³/mol. The molecule has 0 unspecified atom stereocenters. The molecule has 0 radical (unpaired) electrons. The topological polar surface area (TPSA) is 93.8 Å². The number of aromatic nitrogens is 1. The maximum Gasteiger partial charge on any atom is 0.274 e. The van der Waals surface area contributed by atoms with Crippen molar-refractivity contribution >= 4 is 5.91 Å². The van der Waals surface area contributed by atoms with E-state index in [4.69, 9.17) is 14.0 Å². The number of aliphatic hydroxyl groups is 1. The Morgan fingerprint density at radius 3 is 2.92 bits per heavy atom. The largest absolute Gasteiger partial charge is 0.497 e. The van der Waals surface area contributed by atoms with Gasteiger partial charge in [0.05, 0.1) is 25.3 Å². The van der Waals surface area contributed by atoms with Crippen LogP contribution in [0.1, 0.15) is 53.7 Å². The summed E-state index contributed by atoms with van der Waals surface area (Å²) in [7, 11) is 1.59. The first kappa shape index (κ1) is 17.3. The van der Waals surface area contributed by atoms with E-state index in [2.05, 4.69) is 10.5 Å². The Morgan fingerprint density at radius 2 is 2.24 bits per heavy atom. The van der Waals surface area contributed by atoms with Crippen LogP contribution in [0.2, 0.25) is 0 Å². The minimum atomic E-state index is -0.431. The number of ether oxygens (including phenoxy) is 2. The van der Waals surface area contributed by atoms with Crippen LogP contribution in [0.5, 0.6) is 11.5 Å². The van der Waals surface area contributed by atoms with Crippen molar-refractivity contribution in [3.05, 3.63) is 40.8 Å². The molecule has 0 saturated heterocycles. The first-order chi connectivity index (χ1) is 11.8. The molecule has 134 valence electrons. The normalized spacial score (nSPS) is 18.2. The Balaban J connectivity index is 1.92. The molecule has 2 N–H and O–H groups in total. The first-order valence-electron chi connectivity index (χ1n) is 8.08. The lowest BCUT2D eigenvalue weighted by Crippen LogP contribution is -2.41. The predicted octanol–water partition coefficient (Wildman–Crippen LogP) is 2.52. The molecule has 1 aromatic carbocycles. The van der Waals surface area contributed by atoms with Crippen molar-refractivity contribution in [3.63, 3.8) is 0 Å². The van der Waals surface area contributed by atoms with E-state index in [1.807, 2.05) is 32.0 Å². The molecule has 0 spiro atoms. The van der Waals surface area contributed by atoms with Gasteiger partial charge in [0.2, 0.25) is 0 Å². The van der Waals surface area contributed by atoms with Gasteiger partial charge in [0.1, 0.15) is 22.9 Å². The van der Waals surface area contributed by atoms with E-state index in [0.717, 1.165) is 5.56 Å². The van der Waals surface area contributed by atoms with Crippen LogP contribution in [0.4, 0.5) is 0 Å². The van der Waals surface area contributed by atoms with Gasteiger partial charge >= 0.3 is 0 Å². The molecule has 0 aliphatic carbocycles. The number of fused-ring (bicyclic) bond motifs is 1. The molecule has 7 nitrogen and oxygen atoms in total. The molecule has 1 atom stereocenters. The zero-order chi connectivity index (χ0) is 18.2. The van der Waals surface area contributed by atoms with Gasteiger partial charge in [0, 0.05) is 12.0 Å². The Labute approximate surface area is 145 Å². The second-order valence-electron chi connectivity index (χ2n) is 6.72. The molecule has 1 aliphatic rings. The monoisotopic (exact) mass is 346 g/mol. The highest BCUT2D eigenvalue weighted by Gasteiger charge is 2.35.